The van der Waals surface area contributed by atoms with Gasteiger partial charge in [-0.2, -0.15) is 0 Å². The number of rotatable bonds is 17. The number of aliphatic carboxylic acids is 1. The second kappa shape index (κ2) is 16.0. The maximum Gasteiger partial charge on any atom is 0.326 e. The molecule has 0 radical (unpaired) electrons. The van der Waals surface area contributed by atoms with E-state index in [9.17, 15) is 29.1 Å². The Labute approximate surface area is 201 Å². The van der Waals surface area contributed by atoms with Crippen LogP contribution in [0.5, 0.6) is 0 Å². The van der Waals surface area contributed by atoms with E-state index in [-0.39, 0.29) is 31.1 Å². The largest absolute Gasteiger partial charge is 0.480 e. The Kier molecular flexibility index (Phi) is 14.7. The topological polar surface area (TPSA) is 220 Å². The van der Waals surface area contributed by atoms with Gasteiger partial charge in [-0.3, -0.25) is 19.2 Å². The fourth-order valence-corrected chi connectivity index (χ4v) is 3.22. The van der Waals surface area contributed by atoms with Crippen LogP contribution in [-0.4, -0.2) is 65.4 Å². The number of carbonyl (C=O) groups is 5. The monoisotopic (exact) mass is 486 g/mol. The molecule has 0 saturated carbocycles. The van der Waals surface area contributed by atoms with Gasteiger partial charge in [0.25, 0.3) is 0 Å². The van der Waals surface area contributed by atoms with Crippen molar-refractivity contribution in [3.8, 4) is 0 Å². The Morgan fingerprint density at radius 2 is 1.41 bits per heavy atom. The highest BCUT2D eigenvalue weighted by Gasteiger charge is 2.32. The van der Waals surface area contributed by atoms with Crippen molar-refractivity contribution < 1.29 is 29.1 Å². The molecule has 0 aromatic carbocycles. The van der Waals surface area contributed by atoms with E-state index in [2.05, 4.69) is 16.0 Å². The second-order valence-corrected chi connectivity index (χ2v) is 9.22. The number of amides is 4. The normalized spacial score (nSPS) is 14.7. The molecule has 0 aliphatic rings. The van der Waals surface area contributed by atoms with Gasteiger partial charge < -0.3 is 38.3 Å². The van der Waals surface area contributed by atoms with Gasteiger partial charge in [-0.25, -0.2) is 4.79 Å². The first-order valence-electron chi connectivity index (χ1n) is 11.7. The number of unbranched alkanes of at least 4 members (excludes halogenated alkanes) is 1. The molecule has 4 unspecified atom stereocenters. The van der Waals surface area contributed by atoms with Crippen molar-refractivity contribution in [3.05, 3.63) is 0 Å². The van der Waals surface area contributed by atoms with Gasteiger partial charge in [0.05, 0.1) is 6.04 Å². The summed E-state index contributed by atoms with van der Waals surface area (Å²) in [5, 5.41) is 17.0. The average molecular weight is 487 g/mol. The van der Waals surface area contributed by atoms with Crippen LogP contribution in [0.2, 0.25) is 0 Å². The molecule has 0 heterocycles. The molecule has 34 heavy (non-hydrogen) atoms. The van der Waals surface area contributed by atoms with Crippen LogP contribution in [-0.2, 0) is 24.0 Å². The molecule has 4 amide bonds. The zero-order chi connectivity index (χ0) is 26.4. The third-order valence-corrected chi connectivity index (χ3v) is 5.19. The third-order valence-electron chi connectivity index (χ3n) is 5.19. The minimum absolute atomic E-state index is 0.0240. The lowest BCUT2D eigenvalue weighted by atomic mass is 9.99. The summed E-state index contributed by atoms with van der Waals surface area (Å²) in [7, 11) is 0. The molecule has 0 aliphatic heterocycles. The summed E-state index contributed by atoms with van der Waals surface area (Å²) in [4.78, 5) is 61.0. The van der Waals surface area contributed by atoms with Crippen molar-refractivity contribution in [2.45, 2.75) is 90.4 Å². The summed E-state index contributed by atoms with van der Waals surface area (Å²) >= 11 is 0. The number of nitrogens with two attached hydrogens (primary N) is 3. The van der Waals surface area contributed by atoms with E-state index >= 15 is 0 Å². The van der Waals surface area contributed by atoms with E-state index in [0.717, 1.165) is 0 Å². The van der Waals surface area contributed by atoms with Gasteiger partial charge in [-0.15, -0.1) is 0 Å². The Bertz CT molecular complexity index is 699. The van der Waals surface area contributed by atoms with E-state index < -0.39 is 53.8 Å². The third kappa shape index (κ3) is 12.5. The van der Waals surface area contributed by atoms with E-state index in [1.165, 1.54) is 0 Å². The highest BCUT2D eigenvalue weighted by atomic mass is 16.4. The number of carboxylic acids is 1. The van der Waals surface area contributed by atoms with Crippen LogP contribution in [0.15, 0.2) is 0 Å². The molecule has 0 bridgehead atoms. The fraction of sp³-hybridized carbons (Fsp3) is 0.773. The first kappa shape index (κ1) is 31.3. The summed E-state index contributed by atoms with van der Waals surface area (Å²) < 4.78 is 0. The molecule has 0 fully saturated rings. The van der Waals surface area contributed by atoms with Crippen molar-refractivity contribution in [2.24, 2.45) is 29.0 Å². The molecule has 0 spiro atoms. The predicted molar refractivity (Wildman–Crippen MR) is 127 cm³/mol. The Morgan fingerprint density at radius 3 is 1.88 bits per heavy atom. The average Bonchev–Trinajstić information content (AvgIpc) is 2.73. The summed E-state index contributed by atoms with van der Waals surface area (Å²) in [6.45, 7) is 7.50. The van der Waals surface area contributed by atoms with Crippen LogP contribution in [0, 0.1) is 11.8 Å². The van der Waals surface area contributed by atoms with Gasteiger partial charge >= 0.3 is 5.97 Å². The van der Waals surface area contributed by atoms with Gasteiger partial charge in [0.2, 0.25) is 23.6 Å². The molecule has 12 nitrogen and oxygen atoms in total. The maximum absolute atomic E-state index is 13.0. The molecule has 0 aliphatic carbocycles. The number of carboxylic acid groups (broad SMARTS) is 1. The van der Waals surface area contributed by atoms with Gasteiger partial charge in [-0.1, -0.05) is 34.1 Å². The quantitative estimate of drug-likeness (QED) is 0.125. The van der Waals surface area contributed by atoms with Crippen molar-refractivity contribution in [3.63, 3.8) is 0 Å². The molecular formula is C22H42N6O6. The molecular weight excluding hydrogens is 444 g/mol. The lowest BCUT2D eigenvalue weighted by molar-refractivity contribution is -0.143. The zero-order valence-electron chi connectivity index (χ0n) is 20.6. The molecule has 4 atom stereocenters. The van der Waals surface area contributed by atoms with Crippen molar-refractivity contribution in [1.82, 2.24) is 16.0 Å². The SMILES string of the molecule is CC(C)CC(NC(=O)C(NC(=O)C(CCC(N)=O)NC(=O)C(N)CCCCN)C(C)C)C(=O)O. The van der Waals surface area contributed by atoms with E-state index in [4.69, 9.17) is 17.2 Å². The van der Waals surface area contributed by atoms with Crippen LogP contribution in [0.3, 0.4) is 0 Å². The maximum atomic E-state index is 13.0. The van der Waals surface area contributed by atoms with Crippen LogP contribution < -0.4 is 33.2 Å². The first-order valence-corrected chi connectivity index (χ1v) is 11.7. The van der Waals surface area contributed by atoms with Crippen LogP contribution in [0.1, 0.15) is 66.2 Å². The molecule has 0 saturated heterocycles. The number of hydrogen-bond donors (Lipinski definition) is 7. The summed E-state index contributed by atoms with van der Waals surface area (Å²) in [5.41, 5.74) is 16.5. The number of primary amides is 1. The fourth-order valence-electron chi connectivity index (χ4n) is 3.22. The van der Waals surface area contributed by atoms with E-state index in [1.807, 2.05) is 13.8 Å². The second-order valence-electron chi connectivity index (χ2n) is 9.22. The highest BCUT2D eigenvalue weighted by molar-refractivity contribution is 5.94. The van der Waals surface area contributed by atoms with E-state index in [1.54, 1.807) is 13.8 Å². The van der Waals surface area contributed by atoms with Gasteiger partial charge in [0, 0.05) is 6.42 Å². The van der Waals surface area contributed by atoms with Gasteiger partial charge in [-0.05, 0) is 44.1 Å². The zero-order valence-corrected chi connectivity index (χ0v) is 20.6. The summed E-state index contributed by atoms with van der Waals surface area (Å²) in [6, 6.07) is -4.19. The van der Waals surface area contributed by atoms with Crippen LogP contribution >= 0.6 is 0 Å². The van der Waals surface area contributed by atoms with Crippen LogP contribution in [0.25, 0.3) is 0 Å². The van der Waals surface area contributed by atoms with Crippen LogP contribution in [0.4, 0.5) is 0 Å². The Hall–Kier alpha value is -2.73. The Balaban J connectivity index is 5.41. The lowest BCUT2D eigenvalue weighted by Crippen LogP contribution is -2.58. The van der Waals surface area contributed by atoms with Crippen molar-refractivity contribution in [2.75, 3.05) is 6.54 Å². The molecule has 0 rings (SSSR count). The Morgan fingerprint density at radius 1 is 0.824 bits per heavy atom. The molecule has 10 N–H and O–H groups in total. The molecule has 196 valence electrons. The number of hydrogen-bond acceptors (Lipinski definition) is 7. The first-order chi connectivity index (χ1) is 15.8. The van der Waals surface area contributed by atoms with Crippen molar-refractivity contribution in [1.29, 1.82) is 0 Å². The lowest BCUT2D eigenvalue weighted by Gasteiger charge is -2.27. The van der Waals surface area contributed by atoms with E-state index in [0.29, 0.717) is 25.8 Å². The smallest absolute Gasteiger partial charge is 0.326 e. The minimum Gasteiger partial charge on any atom is -0.480 e. The summed E-state index contributed by atoms with van der Waals surface area (Å²) in [5.74, 6) is -4.13. The molecule has 12 heteroatoms. The summed E-state index contributed by atoms with van der Waals surface area (Å²) in [6.07, 6.45) is 1.68. The number of nitrogens with one attached hydrogen (secondary N) is 3. The van der Waals surface area contributed by atoms with Gasteiger partial charge in [0.15, 0.2) is 0 Å². The number of carbonyl (C=O) groups excluding carboxylic acids is 4. The molecule has 0 aromatic rings. The standard InChI is InChI=1S/C22H42N6O6/c1-12(2)11-16(22(33)34)27-21(32)18(13(3)4)28-20(31)15(8-9-17(25)29)26-19(30)14(24)7-5-6-10-23/h12-16,18H,5-11,23-24H2,1-4H3,(H2,25,29)(H,26,30)(H,27,32)(H,28,31)(H,33,34). The van der Waals surface area contributed by atoms with Crippen molar-refractivity contribution >= 4 is 29.6 Å². The van der Waals surface area contributed by atoms with Gasteiger partial charge in [0.1, 0.15) is 18.1 Å². The highest BCUT2D eigenvalue weighted by Crippen LogP contribution is 2.09. The minimum atomic E-state index is -1.17. The predicted octanol–water partition coefficient (Wildman–Crippen LogP) is -1.05. The molecule has 0 aromatic heterocycles.